The van der Waals surface area contributed by atoms with Crippen molar-refractivity contribution in [1.29, 1.82) is 0 Å². The molecule has 0 spiro atoms. The number of nitro groups is 1. The summed E-state index contributed by atoms with van der Waals surface area (Å²) < 4.78 is 20.5. The lowest BCUT2D eigenvalue weighted by Crippen LogP contribution is -2.29. The van der Waals surface area contributed by atoms with Crippen LogP contribution in [0.25, 0.3) is 5.69 Å². The number of nitrogens with zero attached hydrogens (tertiary/aromatic N) is 4. The van der Waals surface area contributed by atoms with Crippen molar-refractivity contribution in [3.8, 4) is 11.4 Å². The molecule has 4 rings (SSSR count). The number of amides is 2. The highest BCUT2D eigenvalue weighted by atomic mass is 32.2. The number of benzene rings is 3. The van der Waals surface area contributed by atoms with E-state index in [0.717, 1.165) is 5.56 Å². The standard InChI is InChI=1S/C25H23FN6O4S/c1-2-36-22-6-4-3-5-21(22)28-24(33)27-15-23-29-30-25(37-16-17-7-9-18(26)10-8-17)31(23)19-11-13-20(14-12-19)32(34)35/h3-14H,2,15-16H2,1H3,(H2,27,28,33). The van der Waals surface area contributed by atoms with Gasteiger partial charge in [-0.25, -0.2) is 9.18 Å². The number of nitrogens with one attached hydrogen (secondary N) is 2. The van der Waals surface area contributed by atoms with Gasteiger partial charge in [-0.05, 0) is 48.9 Å². The van der Waals surface area contributed by atoms with Gasteiger partial charge in [0.25, 0.3) is 5.69 Å². The van der Waals surface area contributed by atoms with E-state index in [9.17, 15) is 19.3 Å². The monoisotopic (exact) mass is 522 g/mol. The molecule has 2 N–H and O–H groups in total. The van der Waals surface area contributed by atoms with Gasteiger partial charge in [0.2, 0.25) is 0 Å². The Morgan fingerprint density at radius 2 is 1.81 bits per heavy atom. The molecule has 4 aromatic rings. The Balaban J connectivity index is 1.53. The molecule has 190 valence electrons. The van der Waals surface area contributed by atoms with Gasteiger partial charge in [-0.15, -0.1) is 10.2 Å². The Morgan fingerprint density at radius 3 is 2.51 bits per heavy atom. The molecular weight excluding hydrogens is 499 g/mol. The highest BCUT2D eigenvalue weighted by molar-refractivity contribution is 7.98. The zero-order valence-electron chi connectivity index (χ0n) is 19.8. The molecule has 1 heterocycles. The third-order valence-corrected chi connectivity index (χ3v) is 6.14. The van der Waals surface area contributed by atoms with Gasteiger partial charge in [-0.1, -0.05) is 36.0 Å². The molecule has 0 aliphatic carbocycles. The third kappa shape index (κ3) is 6.61. The molecule has 0 saturated heterocycles. The SMILES string of the molecule is CCOc1ccccc1NC(=O)NCc1nnc(SCc2ccc(F)cc2)n1-c1ccc([N+](=O)[O-])cc1. The first kappa shape index (κ1) is 25.6. The maximum atomic E-state index is 13.2. The number of non-ortho nitro benzene ring substituents is 1. The van der Waals surface area contributed by atoms with Gasteiger partial charge in [-0.2, -0.15) is 0 Å². The molecule has 3 aromatic carbocycles. The van der Waals surface area contributed by atoms with Crippen molar-refractivity contribution in [2.75, 3.05) is 11.9 Å². The Labute approximate surface area is 216 Å². The van der Waals surface area contributed by atoms with Crippen LogP contribution in [0.1, 0.15) is 18.3 Å². The maximum Gasteiger partial charge on any atom is 0.319 e. The normalized spacial score (nSPS) is 10.6. The minimum atomic E-state index is -0.479. The molecule has 0 aliphatic rings. The van der Waals surface area contributed by atoms with E-state index in [4.69, 9.17) is 4.74 Å². The smallest absolute Gasteiger partial charge is 0.319 e. The van der Waals surface area contributed by atoms with Crippen LogP contribution in [0, 0.1) is 15.9 Å². The number of anilines is 1. The molecule has 0 unspecified atom stereocenters. The molecule has 0 bridgehead atoms. The van der Waals surface area contributed by atoms with Crippen LogP contribution in [-0.2, 0) is 12.3 Å². The summed E-state index contributed by atoms with van der Waals surface area (Å²) in [6.45, 7) is 2.34. The fourth-order valence-corrected chi connectivity index (χ4v) is 4.32. The van der Waals surface area contributed by atoms with Crippen molar-refractivity contribution in [3.05, 3.63) is 100 Å². The topological polar surface area (TPSA) is 124 Å². The molecule has 10 nitrogen and oxygen atoms in total. The van der Waals surface area contributed by atoms with Gasteiger partial charge in [-0.3, -0.25) is 14.7 Å². The summed E-state index contributed by atoms with van der Waals surface area (Å²) in [7, 11) is 0. The van der Waals surface area contributed by atoms with Gasteiger partial charge in [0, 0.05) is 23.6 Å². The summed E-state index contributed by atoms with van der Waals surface area (Å²) in [5, 5.41) is 25.6. The van der Waals surface area contributed by atoms with Crippen molar-refractivity contribution in [1.82, 2.24) is 20.1 Å². The number of carbonyl (C=O) groups excluding carboxylic acids is 1. The van der Waals surface area contributed by atoms with E-state index in [1.54, 1.807) is 47.0 Å². The first-order valence-electron chi connectivity index (χ1n) is 11.3. The first-order valence-corrected chi connectivity index (χ1v) is 12.3. The Hall–Kier alpha value is -4.45. The predicted molar refractivity (Wildman–Crippen MR) is 137 cm³/mol. The van der Waals surface area contributed by atoms with Crippen LogP contribution in [0.5, 0.6) is 5.75 Å². The lowest BCUT2D eigenvalue weighted by Gasteiger charge is -2.13. The number of carbonyl (C=O) groups is 1. The van der Waals surface area contributed by atoms with Gasteiger partial charge in [0.1, 0.15) is 11.6 Å². The van der Waals surface area contributed by atoms with E-state index in [1.807, 2.05) is 13.0 Å². The lowest BCUT2D eigenvalue weighted by atomic mass is 10.2. The summed E-state index contributed by atoms with van der Waals surface area (Å²) in [6.07, 6.45) is 0. The van der Waals surface area contributed by atoms with Gasteiger partial charge >= 0.3 is 6.03 Å². The average molecular weight is 523 g/mol. The van der Waals surface area contributed by atoms with Crippen LogP contribution in [0.2, 0.25) is 0 Å². The van der Waals surface area contributed by atoms with Crippen LogP contribution < -0.4 is 15.4 Å². The van der Waals surface area contributed by atoms with Gasteiger partial charge < -0.3 is 15.4 Å². The van der Waals surface area contributed by atoms with E-state index >= 15 is 0 Å². The highest BCUT2D eigenvalue weighted by Gasteiger charge is 2.17. The number of rotatable bonds is 10. The fourth-order valence-electron chi connectivity index (χ4n) is 3.40. The molecule has 37 heavy (non-hydrogen) atoms. The molecule has 0 radical (unpaired) electrons. The zero-order chi connectivity index (χ0) is 26.2. The van der Waals surface area contributed by atoms with E-state index < -0.39 is 11.0 Å². The summed E-state index contributed by atoms with van der Waals surface area (Å²) in [4.78, 5) is 23.2. The van der Waals surface area contributed by atoms with Crippen LogP contribution in [0.15, 0.2) is 78.0 Å². The van der Waals surface area contributed by atoms with Crippen LogP contribution >= 0.6 is 11.8 Å². The summed E-state index contributed by atoms with van der Waals surface area (Å²) >= 11 is 1.36. The minimum absolute atomic E-state index is 0.0315. The van der Waals surface area contributed by atoms with E-state index in [1.165, 1.54) is 36.0 Å². The number of thioether (sulfide) groups is 1. The van der Waals surface area contributed by atoms with Gasteiger partial charge in [0.15, 0.2) is 11.0 Å². The number of nitro benzene ring substituents is 1. The average Bonchev–Trinajstić information content (AvgIpc) is 3.31. The van der Waals surface area contributed by atoms with Crippen molar-refractivity contribution in [2.24, 2.45) is 0 Å². The molecule has 0 saturated carbocycles. The number of aromatic nitrogens is 3. The van der Waals surface area contributed by atoms with E-state index in [-0.39, 0.29) is 18.0 Å². The predicted octanol–water partition coefficient (Wildman–Crippen LogP) is 5.33. The largest absolute Gasteiger partial charge is 0.492 e. The first-order chi connectivity index (χ1) is 17.9. The van der Waals surface area contributed by atoms with Gasteiger partial charge in [0.05, 0.1) is 23.8 Å². The van der Waals surface area contributed by atoms with Crippen molar-refractivity contribution >= 4 is 29.2 Å². The van der Waals surface area contributed by atoms with E-state index in [2.05, 4.69) is 20.8 Å². The van der Waals surface area contributed by atoms with Crippen LogP contribution in [0.3, 0.4) is 0 Å². The Kier molecular flexibility index (Phi) is 8.31. The summed E-state index contributed by atoms with van der Waals surface area (Å²) in [6, 6.07) is 18.7. The number of urea groups is 1. The lowest BCUT2D eigenvalue weighted by molar-refractivity contribution is -0.384. The number of hydrogen-bond donors (Lipinski definition) is 2. The molecule has 0 fully saturated rings. The molecule has 2 amide bonds. The second-order valence-electron chi connectivity index (χ2n) is 7.66. The second-order valence-corrected chi connectivity index (χ2v) is 8.60. The molecule has 0 aliphatic heterocycles. The van der Waals surface area contributed by atoms with Crippen molar-refractivity contribution < 1.29 is 18.8 Å². The Bertz CT molecular complexity index is 1380. The maximum absolute atomic E-state index is 13.2. The quantitative estimate of drug-likeness (QED) is 0.164. The van der Waals surface area contributed by atoms with Crippen molar-refractivity contribution in [2.45, 2.75) is 24.4 Å². The van der Waals surface area contributed by atoms with Crippen LogP contribution in [-0.4, -0.2) is 32.3 Å². The number of ether oxygens (including phenoxy) is 1. The Morgan fingerprint density at radius 1 is 1.08 bits per heavy atom. The highest BCUT2D eigenvalue weighted by Crippen LogP contribution is 2.27. The molecule has 1 aromatic heterocycles. The van der Waals surface area contributed by atoms with Crippen LogP contribution in [0.4, 0.5) is 20.6 Å². The summed E-state index contributed by atoms with van der Waals surface area (Å²) in [5.41, 5.74) is 1.95. The van der Waals surface area contributed by atoms with E-state index in [0.29, 0.717) is 40.5 Å². The fraction of sp³-hybridized carbons (Fsp3) is 0.160. The number of halogens is 1. The molecule has 12 heteroatoms. The minimum Gasteiger partial charge on any atom is -0.492 e. The van der Waals surface area contributed by atoms with Crippen molar-refractivity contribution in [3.63, 3.8) is 0 Å². The molecular formula is C25H23FN6O4S. The third-order valence-electron chi connectivity index (χ3n) is 5.14. The number of para-hydroxylation sites is 2. The zero-order valence-corrected chi connectivity index (χ0v) is 20.6. The number of hydrogen-bond acceptors (Lipinski definition) is 7. The summed E-state index contributed by atoms with van der Waals surface area (Å²) in [5.74, 6) is 1.14. The molecule has 0 atom stereocenters. The second kappa shape index (κ2) is 12.0.